The van der Waals surface area contributed by atoms with Gasteiger partial charge in [-0.2, -0.15) is 10.2 Å². The smallest absolute Gasteiger partial charge is 0.351 e. The van der Waals surface area contributed by atoms with Crippen molar-refractivity contribution in [2.24, 2.45) is 5.41 Å². The molecule has 4 aromatic rings. The number of aliphatic hydroxyl groups is 1. The van der Waals surface area contributed by atoms with E-state index in [0.29, 0.717) is 12.2 Å². The number of nitrogens with one attached hydrogen (secondary N) is 1. The van der Waals surface area contributed by atoms with Crippen molar-refractivity contribution in [3.05, 3.63) is 124 Å². The van der Waals surface area contributed by atoms with Crippen molar-refractivity contribution >= 4 is 5.82 Å². The minimum Gasteiger partial charge on any atom is -0.497 e. The Morgan fingerprint density at radius 1 is 1.05 bits per heavy atom. The molecule has 1 saturated heterocycles. The molecule has 198 valence electrons. The molecule has 1 fully saturated rings. The molecule has 0 aliphatic carbocycles. The Labute approximate surface area is 227 Å². The van der Waals surface area contributed by atoms with E-state index in [9.17, 15) is 15.2 Å². The zero-order valence-electron chi connectivity index (χ0n) is 21.8. The highest BCUT2D eigenvalue weighted by Crippen LogP contribution is 2.44. The van der Waals surface area contributed by atoms with Crippen molar-refractivity contribution in [1.29, 1.82) is 5.26 Å². The maximum Gasteiger partial charge on any atom is 0.351 e. The van der Waals surface area contributed by atoms with Gasteiger partial charge in [0.15, 0.2) is 6.23 Å². The molecule has 0 saturated carbocycles. The largest absolute Gasteiger partial charge is 0.497 e. The predicted molar refractivity (Wildman–Crippen MR) is 147 cm³/mol. The van der Waals surface area contributed by atoms with Crippen molar-refractivity contribution in [3.8, 4) is 11.8 Å². The summed E-state index contributed by atoms with van der Waals surface area (Å²) < 4.78 is 12.6. The van der Waals surface area contributed by atoms with Crippen LogP contribution in [0.3, 0.4) is 0 Å². The summed E-state index contributed by atoms with van der Waals surface area (Å²) in [4.78, 5) is 17.7. The van der Waals surface area contributed by atoms with Crippen LogP contribution < -0.4 is 15.7 Å². The van der Waals surface area contributed by atoms with Crippen LogP contribution in [-0.2, 0) is 10.3 Å². The normalized spacial score (nSPS) is 20.8. The quantitative estimate of drug-likeness (QED) is 0.329. The Hall–Kier alpha value is -4.45. The minimum atomic E-state index is -0.977. The lowest BCUT2D eigenvalue weighted by Crippen LogP contribution is -2.40. The van der Waals surface area contributed by atoms with Gasteiger partial charge in [0.1, 0.15) is 22.5 Å². The first-order chi connectivity index (χ1) is 18.9. The van der Waals surface area contributed by atoms with Crippen LogP contribution >= 0.6 is 0 Å². The summed E-state index contributed by atoms with van der Waals surface area (Å²) in [5.74, 6) is 1.09. The molecule has 0 radical (unpaired) electrons. The van der Waals surface area contributed by atoms with Crippen LogP contribution in [0.15, 0.2) is 102 Å². The fourth-order valence-corrected chi connectivity index (χ4v) is 5.32. The second-order valence-electron chi connectivity index (χ2n) is 9.86. The monoisotopic (exact) mass is 522 g/mol. The molecular formula is C31H30N4O4. The summed E-state index contributed by atoms with van der Waals surface area (Å²) in [7, 11) is 1.63. The van der Waals surface area contributed by atoms with E-state index >= 15 is 0 Å². The summed E-state index contributed by atoms with van der Waals surface area (Å²) in [5.41, 5.74) is 0.398. The molecule has 5 rings (SSSR count). The molecule has 8 heteroatoms. The Kier molecular flexibility index (Phi) is 7.20. The Morgan fingerprint density at radius 2 is 1.64 bits per heavy atom. The van der Waals surface area contributed by atoms with Crippen molar-refractivity contribution in [1.82, 2.24) is 9.55 Å². The van der Waals surface area contributed by atoms with Gasteiger partial charge in [0.2, 0.25) is 0 Å². The number of aliphatic hydroxyl groups excluding tert-OH is 1. The van der Waals surface area contributed by atoms with Gasteiger partial charge in [-0.25, -0.2) is 4.79 Å². The van der Waals surface area contributed by atoms with Crippen LogP contribution in [0.1, 0.15) is 36.3 Å². The van der Waals surface area contributed by atoms with Gasteiger partial charge in [0.05, 0.1) is 25.9 Å². The second kappa shape index (κ2) is 10.7. The lowest BCUT2D eigenvalue weighted by atomic mass is 9.77. The van der Waals surface area contributed by atoms with Crippen LogP contribution in [0, 0.1) is 16.7 Å². The summed E-state index contributed by atoms with van der Waals surface area (Å²) in [6, 6.07) is 31.7. The van der Waals surface area contributed by atoms with Crippen molar-refractivity contribution < 1.29 is 14.6 Å². The van der Waals surface area contributed by atoms with Gasteiger partial charge in [-0.3, -0.25) is 4.57 Å². The van der Waals surface area contributed by atoms with Gasteiger partial charge >= 0.3 is 5.69 Å². The highest BCUT2D eigenvalue weighted by molar-refractivity contribution is 5.58. The van der Waals surface area contributed by atoms with Crippen LogP contribution in [0.4, 0.5) is 5.82 Å². The van der Waals surface area contributed by atoms with E-state index in [4.69, 9.17) is 9.47 Å². The van der Waals surface area contributed by atoms with Gasteiger partial charge in [0.25, 0.3) is 0 Å². The van der Waals surface area contributed by atoms with Gasteiger partial charge in [0, 0.05) is 6.20 Å². The first-order valence-electron chi connectivity index (χ1n) is 12.7. The molecule has 1 aliphatic rings. The van der Waals surface area contributed by atoms with E-state index < -0.39 is 29.0 Å². The maximum absolute atomic E-state index is 13.3. The number of nitriles is 1. The molecule has 3 aromatic carbocycles. The van der Waals surface area contributed by atoms with Crippen LogP contribution in [0.2, 0.25) is 0 Å². The van der Waals surface area contributed by atoms with E-state index in [1.54, 1.807) is 26.3 Å². The standard InChI is InChI=1S/C31H30N4O4/c1-30(21-32)19-26(20-36)39-28(30)35-18-17-27(33-29(35)37)34-31(22-9-5-3-6-10-22,23-11-7-4-8-12-23)24-13-15-25(38-2)16-14-24/h3-18,26,28,36H,19-20H2,1-2H3,(H,33,34,37)/t26-,28+,30-/m0/s1. The number of hydrogen-bond donors (Lipinski definition) is 2. The van der Waals surface area contributed by atoms with Gasteiger partial charge in [-0.05, 0) is 48.2 Å². The highest BCUT2D eigenvalue weighted by Gasteiger charge is 2.47. The van der Waals surface area contributed by atoms with Crippen LogP contribution in [-0.4, -0.2) is 34.5 Å². The highest BCUT2D eigenvalue weighted by atomic mass is 16.5. The molecular weight excluding hydrogens is 492 g/mol. The van der Waals surface area contributed by atoms with Crippen molar-refractivity contribution in [3.63, 3.8) is 0 Å². The van der Waals surface area contributed by atoms with E-state index in [2.05, 4.69) is 16.4 Å². The third kappa shape index (κ3) is 4.78. The van der Waals surface area contributed by atoms with E-state index in [0.717, 1.165) is 22.4 Å². The van der Waals surface area contributed by atoms with Crippen LogP contribution in [0.25, 0.3) is 0 Å². The first-order valence-corrected chi connectivity index (χ1v) is 12.7. The number of ether oxygens (including phenoxy) is 2. The molecule has 0 bridgehead atoms. The number of benzene rings is 3. The molecule has 1 aliphatic heterocycles. The zero-order valence-corrected chi connectivity index (χ0v) is 21.8. The summed E-state index contributed by atoms with van der Waals surface area (Å²) in [6.45, 7) is 1.50. The van der Waals surface area contributed by atoms with Crippen molar-refractivity contribution in [2.75, 3.05) is 19.0 Å². The Morgan fingerprint density at radius 3 is 2.15 bits per heavy atom. The molecule has 2 heterocycles. The summed E-state index contributed by atoms with van der Waals surface area (Å²) in [6.07, 6.45) is 0.526. The lowest BCUT2D eigenvalue weighted by molar-refractivity contribution is -0.0428. The van der Waals surface area contributed by atoms with Gasteiger partial charge < -0.3 is 19.9 Å². The Balaban J connectivity index is 1.63. The fourth-order valence-electron chi connectivity index (χ4n) is 5.32. The van der Waals surface area contributed by atoms with Crippen molar-refractivity contribution in [2.45, 2.75) is 31.2 Å². The van der Waals surface area contributed by atoms with E-state index in [-0.39, 0.29) is 6.61 Å². The minimum absolute atomic E-state index is 0.228. The molecule has 0 amide bonds. The van der Waals surface area contributed by atoms with Crippen LogP contribution in [0.5, 0.6) is 5.75 Å². The Bertz CT molecular complexity index is 1480. The number of rotatable bonds is 8. The molecule has 1 aromatic heterocycles. The second-order valence-corrected chi connectivity index (χ2v) is 9.86. The SMILES string of the molecule is COc1ccc(C(Nc2ccn([C@@H]3O[C@H](CO)C[C@@]3(C)C#N)c(=O)n2)(c2ccccc2)c2ccccc2)cc1. The van der Waals surface area contributed by atoms with E-state index in [1.165, 1.54) is 4.57 Å². The molecule has 0 unspecified atom stereocenters. The molecule has 0 spiro atoms. The maximum atomic E-state index is 13.3. The predicted octanol–water partition coefficient (Wildman–Crippen LogP) is 4.47. The van der Waals surface area contributed by atoms with E-state index in [1.807, 2.05) is 84.9 Å². The molecule has 39 heavy (non-hydrogen) atoms. The number of anilines is 1. The van der Waals surface area contributed by atoms with Gasteiger partial charge in [-0.15, -0.1) is 0 Å². The molecule has 8 nitrogen and oxygen atoms in total. The molecule has 3 atom stereocenters. The number of methoxy groups -OCH3 is 1. The number of hydrogen-bond acceptors (Lipinski definition) is 7. The fraction of sp³-hybridized carbons (Fsp3) is 0.258. The summed E-state index contributed by atoms with van der Waals surface area (Å²) >= 11 is 0. The first kappa shape index (κ1) is 26.2. The average molecular weight is 523 g/mol. The number of aromatic nitrogens is 2. The number of nitrogens with zero attached hydrogens (tertiary/aromatic N) is 3. The molecule has 2 N–H and O–H groups in total. The zero-order chi connectivity index (χ0) is 27.5. The average Bonchev–Trinajstić information content (AvgIpc) is 3.33. The third-order valence-electron chi connectivity index (χ3n) is 7.31. The lowest BCUT2D eigenvalue weighted by Gasteiger charge is -2.37. The van der Waals surface area contributed by atoms with Gasteiger partial charge in [-0.1, -0.05) is 72.8 Å². The topological polar surface area (TPSA) is 109 Å². The summed E-state index contributed by atoms with van der Waals surface area (Å²) in [5, 5.41) is 23.0. The third-order valence-corrected chi connectivity index (χ3v) is 7.31.